The summed E-state index contributed by atoms with van der Waals surface area (Å²) in [5.41, 5.74) is 0. The summed E-state index contributed by atoms with van der Waals surface area (Å²) in [4.78, 5) is 38.0. The molecule has 0 aliphatic heterocycles. The maximum absolute atomic E-state index is 12.8. The van der Waals surface area contributed by atoms with Crippen molar-refractivity contribution in [2.24, 2.45) is 0 Å². The van der Waals surface area contributed by atoms with Crippen LogP contribution in [0.5, 0.6) is 0 Å². The maximum atomic E-state index is 12.8. The van der Waals surface area contributed by atoms with Gasteiger partial charge in [-0.2, -0.15) is 0 Å². The minimum Gasteiger partial charge on any atom is -0.462 e. The average molecular weight is 883 g/mol. The molecule has 63 heavy (non-hydrogen) atoms. The lowest BCUT2D eigenvalue weighted by molar-refractivity contribution is -0.167. The smallest absolute Gasteiger partial charge is 0.306 e. The summed E-state index contributed by atoms with van der Waals surface area (Å²) in [5, 5.41) is 0. The van der Waals surface area contributed by atoms with Crippen LogP contribution in [0, 0.1) is 0 Å². The quantitative estimate of drug-likeness (QED) is 0.0262. The molecule has 0 spiro atoms. The predicted octanol–water partition coefficient (Wildman–Crippen LogP) is 17.9. The van der Waals surface area contributed by atoms with Crippen molar-refractivity contribution in [1.82, 2.24) is 0 Å². The Hall–Kier alpha value is -2.63. The number of carbonyl (C=O) groups is 3. The first kappa shape index (κ1) is 60.4. The van der Waals surface area contributed by atoms with Crippen LogP contribution in [0.15, 0.2) is 48.6 Å². The van der Waals surface area contributed by atoms with E-state index < -0.39 is 6.10 Å². The van der Waals surface area contributed by atoms with Gasteiger partial charge in [0.2, 0.25) is 0 Å². The minimum atomic E-state index is -0.793. The molecule has 0 aliphatic carbocycles. The molecule has 0 saturated heterocycles. The third kappa shape index (κ3) is 50.2. The van der Waals surface area contributed by atoms with Gasteiger partial charge in [0.1, 0.15) is 13.2 Å². The van der Waals surface area contributed by atoms with E-state index in [2.05, 4.69) is 69.4 Å². The van der Waals surface area contributed by atoms with E-state index in [9.17, 15) is 14.4 Å². The molecule has 0 radical (unpaired) electrons. The third-order valence-electron chi connectivity index (χ3n) is 11.8. The highest BCUT2D eigenvalue weighted by molar-refractivity contribution is 5.71. The molecule has 0 saturated carbocycles. The topological polar surface area (TPSA) is 78.9 Å². The molecule has 0 aromatic heterocycles. The van der Waals surface area contributed by atoms with Crippen LogP contribution in [0.4, 0.5) is 0 Å². The maximum Gasteiger partial charge on any atom is 0.306 e. The second-order valence-corrected chi connectivity index (χ2v) is 18.1. The van der Waals surface area contributed by atoms with Gasteiger partial charge in [-0.05, 0) is 83.5 Å². The van der Waals surface area contributed by atoms with E-state index in [-0.39, 0.29) is 37.5 Å². The molecule has 1 atom stereocenters. The third-order valence-corrected chi connectivity index (χ3v) is 11.8. The number of esters is 3. The largest absolute Gasteiger partial charge is 0.462 e. The molecular formula is C57H102O6. The molecule has 0 bridgehead atoms. The van der Waals surface area contributed by atoms with Crippen LogP contribution in [0.3, 0.4) is 0 Å². The van der Waals surface area contributed by atoms with E-state index in [0.717, 1.165) is 70.6 Å². The molecule has 0 amide bonds. The van der Waals surface area contributed by atoms with Crippen molar-refractivity contribution in [2.75, 3.05) is 13.2 Å². The Morgan fingerprint density at radius 3 is 0.968 bits per heavy atom. The lowest BCUT2D eigenvalue weighted by Gasteiger charge is -2.18. The van der Waals surface area contributed by atoms with Gasteiger partial charge in [0.25, 0.3) is 0 Å². The fourth-order valence-electron chi connectivity index (χ4n) is 7.68. The van der Waals surface area contributed by atoms with Crippen LogP contribution < -0.4 is 0 Å². The molecule has 6 nitrogen and oxygen atoms in total. The molecule has 0 aliphatic rings. The first-order valence-electron chi connectivity index (χ1n) is 27.1. The van der Waals surface area contributed by atoms with Gasteiger partial charge in [0, 0.05) is 19.3 Å². The Labute approximate surface area is 390 Å². The number of allylic oxidation sites excluding steroid dienone is 8. The van der Waals surface area contributed by atoms with Crippen molar-refractivity contribution < 1.29 is 28.6 Å². The first-order valence-corrected chi connectivity index (χ1v) is 27.1. The second kappa shape index (κ2) is 52.0. The normalized spacial score (nSPS) is 12.4. The lowest BCUT2D eigenvalue weighted by Crippen LogP contribution is -2.30. The summed E-state index contributed by atoms with van der Waals surface area (Å²) < 4.78 is 16.8. The molecule has 0 rings (SSSR count). The highest BCUT2D eigenvalue weighted by Crippen LogP contribution is 2.16. The van der Waals surface area contributed by atoms with Crippen LogP contribution in [0.2, 0.25) is 0 Å². The van der Waals surface area contributed by atoms with Gasteiger partial charge in [-0.15, -0.1) is 0 Å². The highest BCUT2D eigenvalue weighted by atomic mass is 16.6. The average Bonchev–Trinajstić information content (AvgIpc) is 3.28. The van der Waals surface area contributed by atoms with Crippen molar-refractivity contribution in [2.45, 2.75) is 284 Å². The van der Waals surface area contributed by atoms with Crippen molar-refractivity contribution >= 4 is 17.9 Å². The standard InChI is InChI=1S/C57H102O6/c1-4-7-10-13-16-19-22-25-27-28-29-31-32-35-38-41-44-47-50-56(59)62-53-54(52-61-55(58)49-46-43-40-37-34-24-21-18-15-12-9-6-3)63-57(60)51-48-45-42-39-36-33-30-26-23-20-17-14-11-8-5-2/h17-18,20-21,26,30,36,39,54H,4-16,19,22-25,27-29,31-35,37-38,40-53H2,1-3H3/b20-17-,21-18-,30-26-,39-36-/t54-/m1/s1. The van der Waals surface area contributed by atoms with Gasteiger partial charge in [-0.25, -0.2) is 0 Å². The Bertz CT molecular complexity index is 1110. The summed E-state index contributed by atoms with van der Waals surface area (Å²) >= 11 is 0. The lowest BCUT2D eigenvalue weighted by atomic mass is 10.0. The van der Waals surface area contributed by atoms with E-state index in [1.165, 1.54) is 161 Å². The fraction of sp³-hybridized carbons (Fsp3) is 0.807. The van der Waals surface area contributed by atoms with E-state index in [0.29, 0.717) is 19.3 Å². The summed E-state index contributed by atoms with van der Waals surface area (Å²) in [6.07, 6.45) is 62.4. The van der Waals surface area contributed by atoms with Gasteiger partial charge in [-0.3, -0.25) is 14.4 Å². The Morgan fingerprint density at radius 1 is 0.317 bits per heavy atom. The van der Waals surface area contributed by atoms with E-state index in [1.807, 2.05) is 0 Å². The zero-order chi connectivity index (χ0) is 45.8. The number of carbonyl (C=O) groups excluding carboxylic acids is 3. The monoisotopic (exact) mass is 883 g/mol. The summed E-state index contributed by atoms with van der Waals surface area (Å²) in [6, 6.07) is 0. The molecule has 6 heteroatoms. The first-order chi connectivity index (χ1) is 31.0. The van der Waals surface area contributed by atoms with Crippen LogP contribution in [0.25, 0.3) is 0 Å². The van der Waals surface area contributed by atoms with Crippen molar-refractivity contribution in [3.05, 3.63) is 48.6 Å². The van der Waals surface area contributed by atoms with E-state index in [4.69, 9.17) is 14.2 Å². The van der Waals surface area contributed by atoms with Crippen LogP contribution in [-0.4, -0.2) is 37.2 Å². The van der Waals surface area contributed by atoms with Gasteiger partial charge in [-0.1, -0.05) is 223 Å². The molecule has 0 aromatic rings. The zero-order valence-corrected chi connectivity index (χ0v) is 41.8. The predicted molar refractivity (Wildman–Crippen MR) is 270 cm³/mol. The second-order valence-electron chi connectivity index (χ2n) is 18.1. The van der Waals surface area contributed by atoms with Gasteiger partial charge in [0.05, 0.1) is 0 Å². The molecular weight excluding hydrogens is 781 g/mol. The number of unbranched alkanes of at least 4 members (excludes halogenated alkanes) is 30. The SMILES string of the molecule is CCCCC/C=C\C/C=C\C/C=C\CCCCC(=O)O[C@H](COC(=O)CCCCCCC/C=C\CCCCC)COC(=O)CCCCCCCCCCCCCCCCCCCC. The van der Waals surface area contributed by atoms with Gasteiger partial charge >= 0.3 is 17.9 Å². The van der Waals surface area contributed by atoms with Gasteiger partial charge in [0.15, 0.2) is 6.10 Å². The summed E-state index contributed by atoms with van der Waals surface area (Å²) in [5.74, 6) is -0.927. The number of rotatable bonds is 49. The Kier molecular flexibility index (Phi) is 49.8. The van der Waals surface area contributed by atoms with Crippen molar-refractivity contribution in [3.63, 3.8) is 0 Å². The van der Waals surface area contributed by atoms with Crippen LogP contribution >= 0.6 is 0 Å². The molecule has 0 heterocycles. The summed E-state index contributed by atoms with van der Waals surface area (Å²) in [6.45, 7) is 6.57. The Morgan fingerprint density at radius 2 is 0.571 bits per heavy atom. The Balaban J connectivity index is 4.38. The van der Waals surface area contributed by atoms with Crippen LogP contribution in [-0.2, 0) is 28.6 Å². The molecule has 0 fully saturated rings. The van der Waals surface area contributed by atoms with Crippen molar-refractivity contribution in [1.29, 1.82) is 0 Å². The van der Waals surface area contributed by atoms with Crippen molar-refractivity contribution in [3.8, 4) is 0 Å². The van der Waals surface area contributed by atoms with Crippen LogP contribution in [0.1, 0.15) is 278 Å². The molecule has 0 aromatic carbocycles. The fourth-order valence-corrected chi connectivity index (χ4v) is 7.68. The number of hydrogen-bond acceptors (Lipinski definition) is 6. The number of ether oxygens (including phenoxy) is 3. The zero-order valence-electron chi connectivity index (χ0n) is 41.8. The number of hydrogen-bond donors (Lipinski definition) is 0. The molecule has 366 valence electrons. The molecule has 0 N–H and O–H groups in total. The van der Waals surface area contributed by atoms with E-state index >= 15 is 0 Å². The molecule has 0 unspecified atom stereocenters. The highest BCUT2D eigenvalue weighted by Gasteiger charge is 2.19. The summed E-state index contributed by atoms with van der Waals surface area (Å²) in [7, 11) is 0. The minimum absolute atomic E-state index is 0.0884. The van der Waals surface area contributed by atoms with Gasteiger partial charge < -0.3 is 14.2 Å². The van der Waals surface area contributed by atoms with E-state index in [1.54, 1.807) is 0 Å².